The van der Waals surface area contributed by atoms with Crippen LogP contribution in [0.3, 0.4) is 0 Å². The third-order valence-corrected chi connectivity index (χ3v) is 5.44. The molecule has 0 aliphatic rings. The van der Waals surface area contributed by atoms with Gasteiger partial charge in [-0.3, -0.25) is 9.36 Å². The Morgan fingerprint density at radius 3 is 2.79 bits per heavy atom. The van der Waals surface area contributed by atoms with E-state index in [1.807, 2.05) is 31.4 Å². The van der Waals surface area contributed by atoms with Crippen molar-refractivity contribution in [2.45, 2.75) is 38.0 Å². The largest absolute Gasteiger partial charge is 0.461 e. The summed E-state index contributed by atoms with van der Waals surface area (Å²) in [5, 5.41) is 12.2. The van der Waals surface area contributed by atoms with Gasteiger partial charge in [-0.25, -0.2) is 4.39 Å². The van der Waals surface area contributed by atoms with Gasteiger partial charge < -0.3 is 9.73 Å². The first-order chi connectivity index (χ1) is 13.3. The molecule has 2 heterocycles. The molecule has 0 saturated carbocycles. The monoisotopic (exact) mass is 422 g/mol. The maximum absolute atomic E-state index is 13.3. The minimum atomic E-state index is -0.750. The number of nitrogens with zero attached hydrogens (tertiary/aromatic N) is 3. The van der Waals surface area contributed by atoms with Gasteiger partial charge in [0.2, 0.25) is 5.91 Å². The number of thioether (sulfide) groups is 1. The van der Waals surface area contributed by atoms with E-state index in [0.717, 1.165) is 0 Å². The van der Waals surface area contributed by atoms with Crippen molar-refractivity contribution in [3.8, 4) is 11.6 Å². The summed E-state index contributed by atoms with van der Waals surface area (Å²) >= 11 is 7.42. The number of rotatable bonds is 7. The summed E-state index contributed by atoms with van der Waals surface area (Å²) in [6.07, 6.45) is 1.58. The lowest BCUT2D eigenvalue weighted by Crippen LogP contribution is -2.42. The van der Waals surface area contributed by atoms with Crippen molar-refractivity contribution in [2.75, 3.05) is 5.75 Å². The molecule has 148 valence electrons. The topological polar surface area (TPSA) is 73.0 Å². The van der Waals surface area contributed by atoms with Gasteiger partial charge in [-0.15, -0.1) is 10.2 Å². The first-order valence-electron chi connectivity index (χ1n) is 8.68. The lowest BCUT2D eigenvalue weighted by atomic mass is 9.94. The fourth-order valence-corrected chi connectivity index (χ4v) is 4.05. The molecule has 2 aromatic heterocycles. The Morgan fingerprint density at radius 2 is 2.14 bits per heavy atom. The second-order valence-corrected chi connectivity index (χ2v) is 7.96. The highest BCUT2D eigenvalue weighted by Crippen LogP contribution is 2.29. The third-order valence-electron chi connectivity index (χ3n) is 4.16. The molecule has 0 radical (unpaired) electrons. The summed E-state index contributed by atoms with van der Waals surface area (Å²) in [4.78, 5) is 12.5. The van der Waals surface area contributed by atoms with Crippen LogP contribution >= 0.6 is 23.4 Å². The molecule has 6 nitrogen and oxygen atoms in total. The molecule has 0 fully saturated rings. The van der Waals surface area contributed by atoms with E-state index in [0.29, 0.717) is 28.8 Å². The number of halogens is 2. The molecule has 0 saturated heterocycles. The van der Waals surface area contributed by atoms with E-state index in [2.05, 4.69) is 15.5 Å². The number of benzene rings is 1. The number of furan rings is 1. The quantitative estimate of drug-likeness (QED) is 0.568. The summed E-state index contributed by atoms with van der Waals surface area (Å²) in [6.45, 7) is 6.25. The molecule has 0 unspecified atom stereocenters. The summed E-state index contributed by atoms with van der Waals surface area (Å²) < 4.78 is 20.6. The van der Waals surface area contributed by atoms with Gasteiger partial charge in [0.25, 0.3) is 0 Å². The molecule has 0 atom stereocenters. The predicted octanol–water partition coefficient (Wildman–Crippen LogP) is 4.49. The average Bonchev–Trinajstić information content (AvgIpc) is 3.28. The van der Waals surface area contributed by atoms with Crippen molar-refractivity contribution < 1.29 is 13.6 Å². The van der Waals surface area contributed by atoms with Crippen molar-refractivity contribution in [1.82, 2.24) is 20.1 Å². The van der Waals surface area contributed by atoms with Crippen molar-refractivity contribution in [2.24, 2.45) is 0 Å². The highest BCUT2D eigenvalue weighted by molar-refractivity contribution is 7.99. The second-order valence-electron chi connectivity index (χ2n) is 6.61. The van der Waals surface area contributed by atoms with Crippen LogP contribution in [0, 0.1) is 5.82 Å². The minimum absolute atomic E-state index is 0.151. The number of carbonyl (C=O) groups excluding carboxylic acids is 1. The lowest BCUT2D eigenvalue weighted by Gasteiger charge is -2.28. The molecule has 0 aliphatic carbocycles. The van der Waals surface area contributed by atoms with Gasteiger partial charge in [0.1, 0.15) is 5.82 Å². The zero-order chi connectivity index (χ0) is 20.3. The highest BCUT2D eigenvalue weighted by Gasteiger charge is 2.26. The van der Waals surface area contributed by atoms with E-state index >= 15 is 0 Å². The number of hydrogen-bond donors (Lipinski definition) is 1. The Morgan fingerprint density at radius 1 is 1.36 bits per heavy atom. The van der Waals surface area contributed by atoms with Crippen LogP contribution in [0.15, 0.2) is 46.2 Å². The Labute approximate surface area is 171 Å². The fraction of sp³-hybridized carbons (Fsp3) is 0.316. The van der Waals surface area contributed by atoms with Gasteiger partial charge in [0.15, 0.2) is 16.7 Å². The average molecular weight is 423 g/mol. The summed E-state index contributed by atoms with van der Waals surface area (Å²) in [7, 11) is 0. The van der Waals surface area contributed by atoms with Gasteiger partial charge in [-0.05, 0) is 50.6 Å². The van der Waals surface area contributed by atoms with Crippen LogP contribution in [0.5, 0.6) is 0 Å². The van der Waals surface area contributed by atoms with Crippen molar-refractivity contribution in [3.05, 3.63) is 53.0 Å². The lowest BCUT2D eigenvalue weighted by molar-refractivity contribution is -0.120. The molecule has 1 amide bonds. The van der Waals surface area contributed by atoms with Crippen molar-refractivity contribution in [3.63, 3.8) is 0 Å². The SMILES string of the molecule is CCn1c(SCC(=O)NC(C)(C)c2ccc(F)cc2Cl)nnc1-c1ccco1. The molecule has 28 heavy (non-hydrogen) atoms. The molecule has 1 N–H and O–H groups in total. The molecule has 3 rings (SSSR count). The summed E-state index contributed by atoms with van der Waals surface area (Å²) in [6, 6.07) is 7.73. The van der Waals surface area contributed by atoms with E-state index in [9.17, 15) is 9.18 Å². The Bertz CT molecular complexity index is 972. The van der Waals surface area contributed by atoms with Crippen LogP contribution in [0.25, 0.3) is 11.6 Å². The van der Waals surface area contributed by atoms with E-state index < -0.39 is 11.4 Å². The smallest absolute Gasteiger partial charge is 0.231 e. The Kier molecular flexibility index (Phi) is 6.10. The van der Waals surface area contributed by atoms with E-state index in [1.165, 1.54) is 23.9 Å². The van der Waals surface area contributed by atoms with Crippen LogP contribution < -0.4 is 5.32 Å². The first kappa shape index (κ1) is 20.4. The zero-order valence-electron chi connectivity index (χ0n) is 15.7. The molecular weight excluding hydrogens is 403 g/mol. The molecule has 1 aromatic carbocycles. The maximum atomic E-state index is 13.3. The molecule has 0 bridgehead atoms. The van der Waals surface area contributed by atoms with E-state index in [-0.39, 0.29) is 16.7 Å². The van der Waals surface area contributed by atoms with E-state index in [1.54, 1.807) is 18.4 Å². The molecule has 0 spiro atoms. The number of nitrogens with one attached hydrogen (secondary N) is 1. The summed E-state index contributed by atoms with van der Waals surface area (Å²) in [5.74, 6) is 0.781. The standard InChI is InChI=1S/C19H20ClFN4O2S/c1-4-25-17(15-6-5-9-27-15)23-24-18(25)28-11-16(26)22-19(2,3)13-8-7-12(21)10-14(13)20/h5-10H,4,11H2,1-3H3,(H,22,26). The normalized spacial score (nSPS) is 11.6. The maximum Gasteiger partial charge on any atom is 0.231 e. The number of hydrogen-bond acceptors (Lipinski definition) is 5. The molecule has 9 heteroatoms. The van der Waals surface area contributed by atoms with Crippen LogP contribution in [-0.4, -0.2) is 26.4 Å². The molecule has 3 aromatic rings. The Hall–Kier alpha value is -2.32. The van der Waals surface area contributed by atoms with Gasteiger partial charge >= 0.3 is 0 Å². The van der Waals surface area contributed by atoms with E-state index in [4.69, 9.17) is 16.0 Å². The third kappa shape index (κ3) is 4.39. The van der Waals surface area contributed by atoms with Crippen LogP contribution in [0.1, 0.15) is 26.3 Å². The van der Waals surface area contributed by atoms with Gasteiger partial charge in [0.05, 0.1) is 17.6 Å². The van der Waals surface area contributed by atoms with Gasteiger partial charge in [-0.2, -0.15) is 0 Å². The first-order valence-corrected chi connectivity index (χ1v) is 10.0. The highest BCUT2D eigenvalue weighted by atomic mass is 35.5. The minimum Gasteiger partial charge on any atom is -0.461 e. The van der Waals surface area contributed by atoms with Gasteiger partial charge in [0, 0.05) is 11.6 Å². The summed E-state index contributed by atoms with van der Waals surface area (Å²) in [5.41, 5.74) is -0.106. The second kappa shape index (κ2) is 8.36. The number of amides is 1. The van der Waals surface area contributed by atoms with Crippen molar-refractivity contribution in [1.29, 1.82) is 0 Å². The number of carbonyl (C=O) groups is 1. The van der Waals surface area contributed by atoms with Crippen LogP contribution in [0.2, 0.25) is 5.02 Å². The molecule has 0 aliphatic heterocycles. The van der Waals surface area contributed by atoms with Gasteiger partial charge in [-0.1, -0.05) is 29.4 Å². The van der Waals surface area contributed by atoms with Crippen LogP contribution in [0.4, 0.5) is 4.39 Å². The zero-order valence-corrected chi connectivity index (χ0v) is 17.3. The van der Waals surface area contributed by atoms with Crippen LogP contribution in [-0.2, 0) is 16.9 Å². The Balaban J connectivity index is 1.67. The number of aromatic nitrogens is 3. The molecular formula is C19H20ClFN4O2S. The van der Waals surface area contributed by atoms with Crippen molar-refractivity contribution >= 4 is 29.3 Å². The fourth-order valence-electron chi connectivity index (χ4n) is 2.85. The predicted molar refractivity (Wildman–Crippen MR) is 107 cm³/mol.